The van der Waals surface area contributed by atoms with E-state index < -0.39 is 36.3 Å². The predicted octanol–water partition coefficient (Wildman–Crippen LogP) is 2.15. The first-order valence-corrected chi connectivity index (χ1v) is 9.89. The summed E-state index contributed by atoms with van der Waals surface area (Å²) in [6.45, 7) is 1.78. The molecule has 2 aliphatic rings. The normalized spacial score (nSPS) is 20.5. The molecule has 4 heterocycles. The molecule has 0 aromatic carbocycles. The van der Waals surface area contributed by atoms with Gasteiger partial charge in [0.1, 0.15) is 17.6 Å². The van der Waals surface area contributed by atoms with Crippen molar-refractivity contribution in [1.82, 2.24) is 15.3 Å². The Hall–Kier alpha value is -3.41. The monoisotopic (exact) mass is 450 g/mol. The Kier molecular flexibility index (Phi) is 5.41. The lowest BCUT2D eigenvalue weighted by Gasteiger charge is -2.42. The van der Waals surface area contributed by atoms with E-state index in [2.05, 4.69) is 15.3 Å². The topological polar surface area (TPSA) is 111 Å². The van der Waals surface area contributed by atoms with Crippen molar-refractivity contribution in [2.45, 2.75) is 31.1 Å². The zero-order valence-electron chi connectivity index (χ0n) is 17.1. The Labute approximate surface area is 181 Å². The number of anilines is 3. The van der Waals surface area contributed by atoms with Gasteiger partial charge in [0.2, 0.25) is 0 Å². The van der Waals surface area contributed by atoms with Crippen LogP contribution in [0.1, 0.15) is 23.8 Å². The van der Waals surface area contributed by atoms with Crippen molar-refractivity contribution in [3.05, 3.63) is 42.2 Å². The molecule has 2 aliphatic heterocycles. The number of halogens is 3. The fourth-order valence-corrected chi connectivity index (χ4v) is 3.97. The lowest BCUT2D eigenvalue weighted by Crippen LogP contribution is -2.56. The minimum absolute atomic E-state index is 0.171. The fraction of sp³-hybridized carbons (Fsp3) is 0.400. The minimum atomic E-state index is -4.81. The number of hydrogen-bond acceptors (Lipinski definition) is 6. The van der Waals surface area contributed by atoms with E-state index in [4.69, 9.17) is 5.11 Å². The number of pyridine rings is 2. The van der Waals surface area contributed by atoms with Crippen molar-refractivity contribution in [2.24, 2.45) is 0 Å². The maximum atomic E-state index is 13.2. The first kappa shape index (κ1) is 21.8. The molecular weight excluding hydrogens is 429 g/mol. The quantitative estimate of drug-likeness (QED) is 0.659. The zero-order valence-corrected chi connectivity index (χ0v) is 17.1. The number of nitrogens with one attached hydrogen (secondary N) is 2. The van der Waals surface area contributed by atoms with E-state index in [1.54, 1.807) is 29.6 Å². The van der Waals surface area contributed by atoms with Crippen molar-refractivity contribution in [3.63, 3.8) is 0 Å². The van der Waals surface area contributed by atoms with Crippen molar-refractivity contribution < 1.29 is 27.9 Å². The SMILES string of the molecule is CC12CCN(C1)c1ccc(C(=O)NC(CO)C(F)(F)F)nc1N2C(=O)Nc1ccccn1. The molecule has 2 atom stereocenters. The summed E-state index contributed by atoms with van der Waals surface area (Å²) in [4.78, 5) is 37.4. The van der Waals surface area contributed by atoms with Gasteiger partial charge in [0.05, 0.1) is 17.8 Å². The number of aliphatic hydroxyl groups is 1. The summed E-state index contributed by atoms with van der Waals surface area (Å²) in [5.74, 6) is -0.606. The van der Waals surface area contributed by atoms with Crippen molar-refractivity contribution in [2.75, 3.05) is 34.8 Å². The number of nitrogens with zero attached hydrogens (tertiary/aromatic N) is 4. The summed E-state index contributed by atoms with van der Waals surface area (Å²) in [5, 5.41) is 13.4. The number of rotatable bonds is 4. The maximum absolute atomic E-state index is 13.2. The van der Waals surface area contributed by atoms with Crippen LogP contribution in [-0.4, -0.2) is 64.5 Å². The Balaban J connectivity index is 1.67. The van der Waals surface area contributed by atoms with Gasteiger partial charge >= 0.3 is 12.2 Å². The van der Waals surface area contributed by atoms with Gasteiger partial charge in [0.25, 0.3) is 5.91 Å². The van der Waals surface area contributed by atoms with Gasteiger partial charge < -0.3 is 15.3 Å². The summed E-state index contributed by atoms with van der Waals surface area (Å²) in [7, 11) is 0. The highest BCUT2D eigenvalue weighted by Crippen LogP contribution is 2.44. The van der Waals surface area contributed by atoms with Gasteiger partial charge in [-0.2, -0.15) is 13.2 Å². The molecule has 32 heavy (non-hydrogen) atoms. The Morgan fingerprint density at radius 3 is 2.72 bits per heavy atom. The zero-order chi connectivity index (χ0) is 23.1. The number of alkyl halides is 3. The Bertz CT molecular complexity index is 1030. The van der Waals surface area contributed by atoms with Gasteiger partial charge in [-0.1, -0.05) is 6.07 Å². The molecule has 0 aliphatic carbocycles. The van der Waals surface area contributed by atoms with Crippen LogP contribution in [-0.2, 0) is 0 Å². The molecule has 1 fully saturated rings. The molecule has 2 aromatic rings. The number of urea groups is 1. The molecule has 3 N–H and O–H groups in total. The third-order valence-corrected chi connectivity index (χ3v) is 5.62. The second-order valence-electron chi connectivity index (χ2n) is 7.94. The first-order valence-electron chi connectivity index (χ1n) is 9.89. The molecule has 2 bridgehead atoms. The van der Waals surface area contributed by atoms with E-state index in [1.807, 2.05) is 11.8 Å². The highest BCUT2D eigenvalue weighted by atomic mass is 19.4. The summed E-state index contributed by atoms with van der Waals surface area (Å²) < 4.78 is 38.8. The standard InChI is InChI=1S/C20H21F3N6O3/c1-19-7-9-28(11-19)13-6-5-12(17(31)26-14(10-30)20(21,22)23)25-16(13)29(19)18(32)27-15-4-2-3-8-24-15/h2-6,8,14,30H,7,9-11H2,1H3,(H,26,31)(H,24,27,32). The molecule has 170 valence electrons. The molecule has 12 heteroatoms. The van der Waals surface area contributed by atoms with E-state index in [-0.39, 0.29) is 11.5 Å². The molecule has 0 spiro atoms. The highest BCUT2D eigenvalue weighted by Gasteiger charge is 2.49. The highest BCUT2D eigenvalue weighted by molar-refractivity contribution is 6.05. The second kappa shape index (κ2) is 7.93. The average molecular weight is 450 g/mol. The van der Waals surface area contributed by atoms with Gasteiger partial charge in [-0.05, 0) is 37.6 Å². The molecule has 9 nitrogen and oxygen atoms in total. The van der Waals surface area contributed by atoms with E-state index in [9.17, 15) is 22.8 Å². The van der Waals surface area contributed by atoms with E-state index in [0.717, 1.165) is 0 Å². The number of fused-ring (bicyclic) bond motifs is 4. The van der Waals surface area contributed by atoms with Crippen LogP contribution in [0.25, 0.3) is 0 Å². The fourth-order valence-electron chi connectivity index (χ4n) is 3.97. The van der Waals surface area contributed by atoms with Crippen molar-refractivity contribution in [3.8, 4) is 0 Å². The number of hydrogen-bond donors (Lipinski definition) is 3. The van der Waals surface area contributed by atoms with Crippen LogP contribution in [0.2, 0.25) is 0 Å². The van der Waals surface area contributed by atoms with Crippen LogP contribution in [0.15, 0.2) is 36.5 Å². The second-order valence-corrected chi connectivity index (χ2v) is 7.94. The third kappa shape index (κ3) is 3.93. The first-order chi connectivity index (χ1) is 15.1. The van der Waals surface area contributed by atoms with Crippen molar-refractivity contribution in [1.29, 1.82) is 0 Å². The van der Waals surface area contributed by atoms with Crippen molar-refractivity contribution >= 4 is 29.3 Å². The van der Waals surface area contributed by atoms with Gasteiger partial charge in [0, 0.05) is 19.3 Å². The molecule has 0 radical (unpaired) electrons. The number of amides is 3. The molecule has 3 amide bonds. The molecular formula is C20H21F3N6O3. The van der Waals surface area contributed by atoms with Crippen LogP contribution >= 0.6 is 0 Å². The van der Waals surface area contributed by atoms with Crippen LogP contribution in [0.5, 0.6) is 0 Å². The minimum Gasteiger partial charge on any atom is -0.394 e. The maximum Gasteiger partial charge on any atom is 0.410 e. The lowest BCUT2D eigenvalue weighted by atomic mass is 9.97. The molecule has 4 rings (SSSR count). The molecule has 2 aromatic heterocycles. The summed E-state index contributed by atoms with van der Waals surface area (Å²) in [6, 6.07) is 4.96. The van der Waals surface area contributed by atoms with E-state index in [1.165, 1.54) is 17.2 Å². The smallest absolute Gasteiger partial charge is 0.394 e. The Morgan fingerprint density at radius 1 is 1.28 bits per heavy atom. The van der Waals surface area contributed by atoms with Gasteiger partial charge in [0.15, 0.2) is 5.82 Å². The van der Waals surface area contributed by atoms with Gasteiger partial charge in [-0.25, -0.2) is 14.8 Å². The number of aromatic nitrogens is 2. The molecule has 0 saturated carbocycles. The summed E-state index contributed by atoms with van der Waals surface area (Å²) in [5.41, 5.74) is -0.330. The summed E-state index contributed by atoms with van der Waals surface area (Å²) in [6.07, 6.45) is -2.65. The van der Waals surface area contributed by atoms with Gasteiger partial charge in [-0.3, -0.25) is 15.0 Å². The number of carbonyl (C=O) groups is 2. The largest absolute Gasteiger partial charge is 0.410 e. The molecule has 1 saturated heterocycles. The summed E-state index contributed by atoms with van der Waals surface area (Å²) >= 11 is 0. The Morgan fingerprint density at radius 2 is 2.06 bits per heavy atom. The number of aliphatic hydroxyl groups excluding tert-OH is 1. The third-order valence-electron chi connectivity index (χ3n) is 5.62. The molecule has 2 unspecified atom stereocenters. The van der Waals surface area contributed by atoms with E-state index >= 15 is 0 Å². The van der Waals surface area contributed by atoms with Crippen LogP contribution in [0.3, 0.4) is 0 Å². The van der Waals surface area contributed by atoms with Crippen LogP contribution in [0.4, 0.5) is 35.3 Å². The lowest BCUT2D eigenvalue weighted by molar-refractivity contribution is -0.161. The van der Waals surface area contributed by atoms with Crippen LogP contribution < -0.4 is 20.4 Å². The van der Waals surface area contributed by atoms with Crippen LogP contribution in [0, 0.1) is 0 Å². The predicted molar refractivity (Wildman–Crippen MR) is 110 cm³/mol. The number of carbonyl (C=O) groups excluding carboxylic acids is 2. The average Bonchev–Trinajstić information content (AvgIpc) is 3.09. The van der Waals surface area contributed by atoms with Gasteiger partial charge in [-0.15, -0.1) is 0 Å². The van der Waals surface area contributed by atoms with E-state index in [0.29, 0.717) is 31.0 Å².